The van der Waals surface area contributed by atoms with Gasteiger partial charge in [0, 0.05) is 19.5 Å². The van der Waals surface area contributed by atoms with Gasteiger partial charge in [-0.05, 0) is 41.9 Å². The molecule has 0 fully saturated rings. The molecule has 0 saturated carbocycles. The lowest BCUT2D eigenvalue weighted by Gasteiger charge is -2.39. The molecule has 266 valence electrons. The van der Waals surface area contributed by atoms with Gasteiger partial charge >= 0.3 is 0 Å². The first-order valence-electron chi connectivity index (χ1n) is 19.9. The van der Waals surface area contributed by atoms with Crippen LogP contribution in [0.4, 0.5) is 0 Å². The Bertz CT molecular complexity index is 1210. The second-order valence-electron chi connectivity index (χ2n) is 14.5. The number of hydrogen-bond acceptors (Lipinski definition) is 2. The van der Waals surface area contributed by atoms with Gasteiger partial charge < -0.3 is 9.64 Å². The average Bonchev–Trinajstić information content (AvgIpc) is 3.16. The van der Waals surface area contributed by atoms with Crippen molar-refractivity contribution in [1.29, 1.82) is 0 Å². The first kappa shape index (κ1) is 38.6. The number of ether oxygens (including phenoxy) is 1. The van der Waals surface area contributed by atoms with Gasteiger partial charge in [0.25, 0.3) is 0 Å². The van der Waals surface area contributed by atoms with Crippen LogP contribution in [0.25, 0.3) is 0 Å². The molecule has 0 radical (unpaired) electrons. The number of amides is 1. The largest absolute Gasteiger partial charge is 0.361 e. The van der Waals surface area contributed by atoms with Crippen molar-refractivity contribution in [3.8, 4) is 0 Å². The van der Waals surface area contributed by atoms with E-state index in [1.165, 1.54) is 96.3 Å². The minimum atomic E-state index is -0.766. The first-order chi connectivity index (χ1) is 24.2. The molecule has 2 unspecified atom stereocenters. The second-order valence-corrected chi connectivity index (χ2v) is 14.5. The smallest absolute Gasteiger partial charge is 0.226 e. The van der Waals surface area contributed by atoms with E-state index in [2.05, 4.69) is 110 Å². The maximum absolute atomic E-state index is 13.9. The van der Waals surface area contributed by atoms with Crippen LogP contribution in [0.2, 0.25) is 0 Å². The number of carbonyl (C=O) groups is 1. The van der Waals surface area contributed by atoms with Gasteiger partial charge in [0.05, 0.1) is 6.61 Å². The van der Waals surface area contributed by atoms with Crippen LogP contribution in [0.15, 0.2) is 103 Å². The van der Waals surface area contributed by atoms with Crippen molar-refractivity contribution in [2.24, 2.45) is 11.8 Å². The minimum Gasteiger partial charge on any atom is -0.361 e. The quantitative estimate of drug-likeness (QED) is 0.0542. The number of rotatable bonds is 24. The zero-order chi connectivity index (χ0) is 34.4. The zero-order valence-electron chi connectivity index (χ0n) is 30.9. The fourth-order valence-corrected chi connectivity index (χ4v) is 7.65. The third-order valence-electron chi connectivity index (χ3n) is 10.7. The number of carbonyl (C=O) groups excluding carboxylic acids is 1. The third-order valence-corrected chi connectivity index (χ3v) is 10.7. The second kappa shape index (κ2) is 22.5. The summed E-state index contributed by atoms with van der Waals surface area (Å²) >= 11 is 0. The Morgan fingerprint density at radius 1 is 0.592 bits per heavy atom. The van der Waals surface area contributed by atoms with E-state index >= 15 is 0 Å². The first-order valence-corrected chi connectivity index (χ1v) is 19.9. The van der Waals surface area contributed by atoms with Crippen LogP contribution in [-0.4, -0.2) is 31.0 Å². The summed E-state index contributed by atoms with van der Waals surface area (Å²) < 4.78 is 7.18. The Kier molecular flexibility index (Phi) is 17.8. The van der Waals surface area contributed by atoms with Gasteiger partial charge in [-0.25, -0.2) is 0 Å². The highest BCUT2D eigenvalue weighted by Gasteiger charge is 2.40. The Balaban J connectivity index is 1.22. The molecule has 2 atom stereocenters. The standard InChI is InChI=1S/C46H65NO2/c1-3-4-5-6-7-8-9-10-11-12-13-14-15-16-17-29-38-47(2)45(48)44-37-28-27-30-40(44)39-49-46(41-31-21-18-22-32-41,42-33-23-19-24-34-42)43-35-25-20-26-36-43/h18-28,31-36,40,44H,3-17,29-30,37-39H2,1-2H3. The number of unbranched alkanes of at least 4 members (excludes halogenated alkanes) is 15. The zero-order valence-corrected chi connectivity index (χ0v) is 30.9. The van der Waals surface area contributed by atoms with E-state index in [1.807, 2.05) is 11.9 Å². The van der Waals surface area contributed by atoms with Gasteiger partial charge in [-0.15, -0.1) is 0 Å². The molecule has 0 bridgehead atoms. The van der Waals surface area contributed by atoms with Gasteiger partial charge in [0.15, 0.2) is 0 Å². The van der Waals surface area contributed by atoms with Crippen LogP contribution in [0, 0.1) is 11.8 Å². The number of nitrogens with zero attached hydrogens (tertiary/aromatic N) is 1. The predicted molar refractivity (Wildman–Crippen MR) is 208 cm³/mol. The summed E-state index contributed by atoms with van der Waals surface area (Å²) in [6.07, 6.45) is 27.9. The number of benzene rings is 3. The van der Waals surface area contributed by atoms with Gasteiger partial charge in [-0.2, -0.15) is 0 Å². The van der Waals surface area contributed by atoms with E-state index in [-0.39, 0.29) is 17.7 Å². The van der Waals surface area contributed by atoms with Crippen molar-refractivity contribution in [1.82, 2.24) is 4.90 Å². The van der Waals surface area contributed by atoms with E-state index in [4.69, 9.17) is 4.74 Å². The highest BCUT2D eigenvalue weighted by atomic mass is 16.5. The predicted octanol–water partition coefficient (Wildman–Crippen LogP) is 12.3. The van der Waals surface area contributed by atoms with Crippen LogP contribution in [0.5, 0.6) is 0 Å². The van der Waals surface area contributed by atoms with E-state index in [0.29, 0.717) is 6.61 Å². The highest BCUT2D eigenvalue weighted by molar-refractivity contribution is 5.79. The number of hydrogen-bond donors (Lipinski definition) is 0. The maximum atomic E-state index is 13.9. The summed E-state index contributed by atoms with van der Waals surface area (Å²) in [6, 6.07) is 31.7. The Labute approximate surface area is 299 Å². The molecule has 49 heavy (non-hydrogen) atoms. The molecule has 0 spiro atoms. The van der Waals surface area contributed by atoms with Crippen molar-refractivity contribution < 1.29 is 9.53 Å². The van der Waals surface area contributed by atoms with Crippen molar-refractivity contribution in [2.75, 3.05) is 20.2 Å². The molecule has 0 saturated heterocycles. The molecular formula is C46H65NO2. The lowest BCUT2D eigenvalue weighted by molar-refractivity contribution is -0.138. The Hall–Kier alpha value is -3.17. The fraction of sp³-hybridized carbons (Fsp3) is 0.543. The summed E-state index contributed by atoms with van der Waals surface area (Å²) in [6.45, 7) is 3.64. The normalized spacial score (nSPS) is 16.1. The van der Waals surface area contributed by atoms with Crippen molar-refractivity contribution in [3.05, 3.63) is 120 Å². The number of allylic oxidation sites excluding steroid dienone is 2. The van der Waals surface area contributed by atoms with Crippen LogP contribution < -0.4 is 0 Å². The monoisotopic (exact) mass is 664 g/mol. The average molecular weight is 664 g/mol. The third kappa shape index (κ3) is 12.3. The lowest BCUT2D eigenvalue weighted by atomic mass is 9.79. The molecule has 4 rings (SSSR count). The van der Waals surface area contributed by atoms with Crippen molar-refractivity contribution in [2.45, 2.75) is 128 Å². The fourth-order valence-electron chi connectivity index (χ4n) is 7.65. The SMILES string of the molecule is CCCCCCCCCCCCCCCCCCN(C)C(=O)C1CC=CCC1COC(c1ccccc1)(c1ccccc1)c1ccccc1. The molecule has 1 amide bonds. The van der Waals surface area contributed by atoms with Crippen LogP contribution in [0.1, 0.15) is 139 Å². The summed E-state index contributed by atoms with van der Waals surface area (Å²) in [7, 11) is 2.01. The Morgan fingerprint density at radius 3 is 1.41 bits per heavy atom. The topological polar surface area (TPSA) is 29.5 Å². The van der Waals surface area contributed by atoms with Gasteiger partial charge in [-0.1, -0.05) is 206 Å². The van der Waals surface area contributed by atoms with Crippen LogP contribution in [-0.2, 0) is 15.1 Å². The van der Waals surface area contributed by atoms with Crippen molar-refractivity contribution in [3.63, 3.8) is 0 Å². The van der Waals surface area contributed by atoms with E-state index in [0.717, 1.165) is 42.5 Å². The van der Waals surface area contributed by atoms with E-state index in [9.17, 15) is 4.79 Å². The van der Waals surface area contributed by atoms with Gasteiger partial charge in [0.1, 0.15) is 5.60 Å². The molecule has 3 nitrogen and oxygen atoms in total. The van der Waals surface area contributed by atoms with Gasteiger partial charge in [0.2, 0.25) is 5.91 Å². The molecule has 0 heterocycles. The molecular weight excluding hydrogens is 599 g/mol. The van der Waals surface area contributed by atoms with Gasteiger partial charge in [-0.3, -0.25) is 4.79 Å². The molecule has 1 aliphatic rings. The molecule has 0 N–H and O–H groups in total. The molecule has 0 aliphatic heterocycles. The molecule has 3 aromatic carbocycles. The van der Waals surface area contributed by atoms with E-state index in [1.54, 1.807) is 0 Å². The maximum Gasteiger partial charge on any atom is 0.226 e. The Morgan fingerprint density at radius 2 is 0.980 bits per heavy atom. The molecule has 3 heteroatoms. The summed E-state index contributed by atoms with van der Waals surface area (Å²) in [4.78, 5) is 15.9. The summed E-state index contributed by atoms with van der Waals surface area (Å²) in [5.74, 6) is 0.334. The molecule has 1 aliphatic carbocycles. The van der Waals surface area contributed by atoms with Crippen molar-refractivity contribution >= 4 is 5.91 Å². The molecule has 3 aromatic rings. The van der Waals surface area contributed by atoms with Crippen LogP contribution >= 0.6 is 0 Å². The summed E-state index contributed by atoms with van der Waals surface area (Å²) in [5, 5.41) is 0. The molecule has 0 aromatic heterocycles. The minimum absolute atomic E-state index is 0.0592. The summed E-state index contributed by atoms with van der Waals surface area (Å²) in [5.41, 5.74) is 2.53. The lowest BCUT2D eigenvalue weighted by Crippen LogP contribution is -2.41. The van der Waals surface area contributed by atoms with E-state index < -0.39 is 5.60 Å². The highest BCUT2D eigenvalue weighted by Crippen LogP contribution is 2.42. The van der Waals surface area contributed by atoms with Crippen LogP contribution in [0.3, 0.4) is 0 Å².